The largest absolute Gasteiger partial charge is 0.524 e. The highest BCUT2D eigenvalue weighted by Crippen LogP contribution is 2.39. The molecule has 80 valence electrons. The molecule has 0 aliphatic carbocycles. The Labute approximate surface area is 88.1 Å². The number of aryl methyl sites for hydroxylation is 1. The average molecular weight is 226 g/mol. The second kappa shape index (κ2) is 4.50. The van der Waals surface area contributed by atoms with Crippen LogP contribution in [0.4, 0.5) is 0 Å². The van der Waals surface area contributed by atoms with Crippen LogP contribution in [0.2, 0.25) is 0 Å². The third-order valence-electron chi connectivity index (χ3n) is 1.83. The Bertz CT molecular complexity index is 441. The molecule has 0 heterocycles. The van der Waals surface area contributed by atoms with Gasteiger partial charge in [-0.15, -0.1) is 6.42 Å². The molecule has 0 aliphatic rings. The van der Waals surface area contributed by atoms with E-state index in [2.05, 4.69) is 10.4 Å². The van der Waals surface area contributed by atoms with E-state index in [4.69, 9.17) is 16.2 Å². The Morgan fingerprint density at radius 3 is 2.67 bits per heavy atom. The predicted octanol–water partition coefficient (Wildman–Crippen LogP) is 1.70. The summed E-state index contributed by atoms with van der Waals surface area (Å²) in [6.07, 6.45) is 5.92. The maximum atomic E-state index is 10.7. The lowest BCUT2D eigenvalue weighted by Gasteiger charge is -2.09. The average Bonchev–Trinajstić information content (AvgIpc) is 2.15. The lowest BCUT2D eigenvalue weighted by atomic mass is 10.1. The van der Waals surface area contributed by atoms with Crippen LogP contribution in [-0.4, -0.2) is 9.79 Å². The molecule has 0 amide bonds. The molecular weight excluding hydrogens is 215 g/mol. The standard InChI is InChI=1S/C10H11O4P/c1-3-8-5-6-9(4-2)10(7-8)14-15(11,12)13/h2,5-7H,3H2,1H3,(H2,11,12,13). The van der Waals surface area contributed by atoms with Crippen LogP contribution in [-0.2, 0) is 11.0 Å². The van der Waals surface area contributed by atoms with E-state index in [0.29, 0.717) is 5.56 Å². The van der Waals surface area contributed by atoms with Crippen LogP contribution in [0.25, 0.3) is 0 Å². The first-order valence-corrected chi connectivity index (χ1v) is 5.84. The molecule has 2 N–H and O–H groups in total. The molecule has 5 heteroatoms. The van der Waals surface area contributed by atoms with E-state index < -0.39 is 7.82 Å². The van der Waals surface area contributed by atoms with Crippen molar-refractivity contribution >= 4 is 7.82 Å². The maximum absolute atomic E-state index is 10.7. The molecule has 0 atom stereocenters. The van der Waals surface area contributed by atoms with E-state index >= 15 is 0 Å². The van der Waals surface area contributed by atoms with Crippen molar-refractivity contribution in [3.8, 4) is 18.1 Å². The van der Waals surface area contributed by atoms with Crippen molar-refractivity contribution in [1.82, 2.24) is 0 Å². The van der Waals surface area contributed by atoms with Crippen LogP contribution in [0.1, 0.15) is 18.1 Å². The van der Waals surface area contributed by atoms with Gasteiger partial charge in [0.1, 0.15) is 5.75 Å². The number of hydrogen-bond acceptors (Lipinski definition) is 2. The number of benzene rings is 1. The molecule has 0 unspecified atom stereocenters. The quantitative estimate of drug-likeness (QED) is 0.608. The molecule has 0 fully saturated rings. The smallest absolute Gasteiger partial charge is 0.403 e. The first-order valence-electron chi connectivity index (χ1n) is 4.31. The van der Waals surface area contributed by atoms with Crippen molar-refractivity contribution in [2.45, 2.75) is 13.3 Å². The van der Waals surface area contributed by atoms with Crippen molar-refractivity contribution in [1.29, 1.82) is 0 Å². The minimum absolute atomic E-state index is 0.0465. The molecule has 1 aromatic carbocycles. The third kappa shape index (κ3) is 3.41. The Hall–Kier alpha value is -1.27. The zero-order valence-corrected chi connectivity index (χ0v) is 9.07. The summed E-state index contributed by atoms with van der Waals surface area (Å²) in [4.78, 5) is 17.3. The second-order valence-corrected chi connectivity index (χ2v) is 4.07. The normalized spacial score (nSPS) is 10.8. The van der Waals surface area contributed by atoms with E-state index in [1.54, 1.807) is 12.1 Å². The number of terminal acetylenes is 1. The molecule has 4 nitrogen and oxygen atoms in total. The first kappa shape index (κ1) is 11.8. The van der Waals surface area contributed by atoms with Crippen LogP contribution in [0, 0.1) is 12.3 Å². The number of phosphoric ester groups is 1. The van der Waals surface area contributed by atoms with Crippen molar-refractivity contribution in [2.24, 2.45) is 0 Å². The summed E-state index contributed by atoms with van der Waals surface area (Å²) in [6, 6.07) is 4.93. The van der Waals surface area contributed by atoms with Crippen molar-refractivity contribution in [3.05, 3.63) is 29.3 Å². The molecule has 1 rings (SSSR count). The minimum Gasteiger partial charge on any atom is -0.403 e. The van der Waals surface area contributed by atoms with Crippen molar-refractivity contribution in [3.63, 3.8) is 0 Å². The van der Waals surface area contributed by atoms with Gasteiger partial charge < -0.3 is 4.52 Å². The number of phosphoric acid groups is 1. The summed E-state index contributed by atoms with van der Waals surface area (Å²) >= 11 is 0. The van der Waals surface area contributed by atoms with Crippen LogP contribution < -0.4 is 4.52 Å². The van der Waals surface area contributed by atoms with E-state index in [9.17, 15) is 4.57 Å². The van der Waals surface area contributed by atoms with Gasteiger partial charge in [0.2, 0.25) is 0 Å². The predicted molar refractivity (Wildman–Crippen MR) is 56.4 cm³/mol. The van der Waals surface area contributed by atoms with Crippen LogP contribution in [0.15, 0.2) is 18.2 Å². The highest BCUT2D eigenvalue weighted by Gasteiger charge is 2.18. The lowest BCUT2D eigenvalue weighted by molar-refractivity contribution is 0.283. The summed E-state index contributed by atoms with van der Waals surface area (Å²) in [7, 11) is -4.55. The summed E-state index contributed by atoms with van der Waals surface area (Å²) in [5, 5.41) is 0. The van der Waals surface area contributed by atoms with Gasteiger partial charge in [-0.2, -0.15) is 0 Å². The summed E-state index contributed by atoms with van der Waals surface area (Å²) in [5.74, 6) is 2.35. The van der Waals surface area contributed by atoms with Gasteiger partial charge in [0, 0.05) is 0 Å². The molecule has 0 spiro atoms. The summed E-state index contributed by atoms with van der Waals surface area (Å²) < 4.78 is 15.2. The van der Waals surface area contributed by atoms with Crippen molar-refractivity contribution in [2.75, 3.05) is 0 Å². The Kier molecular flexibility index (Phi) is 3.54. The summed E-state index contributed by atoms with van der Waals surface area (Å²) in [5.41, 5.74) is 1.23. The Morgan fingerprint density at radius 2 is 2.20 bits per heavy atom. The first-order chi connectivity index (χ1) is 6.96. The van der Waals surface area contributed by atoms with Gasteiger partial charge in [-0.05, 0) is 24.1 Å². The number of hydrogen-bond donors (Lipinski definition) is 2. The van der Waals surface area contributed by atoms with Crippen LogP contribution in [0.5, 0.6) is 5.75 Å². The fraction of sp³-hybridized carbons (Fsp3) is 0.200. The monoisotopic (exact) mass is 226 g/mol. The Balaban J connectivity index is 3.14. The molecule has 0 saturated heterocycles. The van der Waals surface area contributed by atoms with Gasteiger partial charge in [0.15, 0.2) is 0 Å². The fourth-order valence-corrected chi connectivity index (χ4v) is 1.52. The summed E-state index contributed by atoms with van der Waals surface area (Å²) in [6.45, 7) is 1.92. The van der Waals surface area contributed by atoms with E-state index in [1.807, 2.05) is 6.92 Å². The molecule has 0 aliphatic heterocycles. The van der Waals surface area contributed by atoms with E-state index in [1.165, 1.54) is 6.07 Å². The molecule has 0 saturated carbocycles. The molecule has 15 heavy (non-hydrogen) atoms. The highest BCUT2D eigenvalue weighted by atomic mass is 31.2. The molecule has 0 radical (unpaired) electrons. The molecule has 0 aromatic heterocycles. The molecule has 0 bridgehead atoms. The van der Waals surface area contributed by atoms with Gasteiger partial charge in [0.05, 0.1) is 5.56 Å². The highest BCUT2D eigenvalue weighted by molar-refractivity contribution is 7.46. The van der Waals surface area contributed by atoms with E-state index in [0.717, 1.165) is 12.0 Å². The Morgan fingerprint density at radius 1 is 1.53 bits per heavy atom. The van der Waals surface area contributed by atoms with Gasteiger partial charge in [-0.3, -0.25) is 9.79 Å². The van der Waals surface area contributed by atoms with Gasteiger partial charge in [-0.25, -0.2) is 4.57 Å². The fourth-order valence-electron chi connectivity index (χ4n) is 1.11. The van der Waals surface area contributed by atoms with Crippen molar-refractivity contribution < 1.29 is 18.9 Å². The van der Waals surface area contributed by atoms with Gasteiger partial charge >= 0.3 is 7.82 Å². The van der Waals surface area contributed by atoms with Gasteiger partial charge in [0.25, 0.3) is 0 Å². The molecule has 1 aromatic rings. The SMILES string of the molecule is C#Cc1ccc(CC)cc1OP(=O)(O)O. The topological polar surface area (TPSA) is 66.8 Å². The molecular formula is C10H11O4P. The zero-order chi connectivity index (χ0) is 11.5. The van der Waals surface area contributed by atoms with Crippen LogP contribution >= 0.6 is 7.82 Å². The van der Waals surface area contributed by atoms with Crippen LogP contribution in [0.3, 0.4) is 0 Å². The van der Waals surface area contributed by atoms with E-state index in [-0.39, 0.29) is 5.75 Å². The van der Waals surface area contributed by atoms with Gasteiger partial charge in [-0.1, -0.05) is 18.9 Å². The minimum atomic E-state index is -4.55. The third-order valence-corrected chi connectivity index (χ3v) is 2.26. The maximum Gasteiger partial charge on any atom is 0.524 e. The lowest BCUT2D eigenvalue weighted by Crippen LogP contribution is -1.94. The zero-order valence-electron chi connectivity index (χ0n) is 8.17. The second-order valence-electron chi connectivity index (χ2n) is 2.91. The number of rotatable bonds is 3.